The first-order chi connectivity index (χ1) is 17.0. The number of carbonyl (C=O) groups is 2. The van der Waals surface area contributed by atoms with Crippen LogP contribution in [0, 0.1) is 0 Å². The van der Waals surface area contributed by atoms with Gasteiger partial charge >= 0.3 is 0 Å². The number of pyridine rings is 1. The Bertz CT molecular complexity index is 1270. The van der Waals surface area contributed by atoms with Crippen LogP contribution in [0.5, 0.6) is 0 Å². The first-order valence-corrected chi connectivity index (χ1v) is 12.0. The Labute approximate surface area is 205 Å². The lowest BCUT2D eigenvalue weighted by atomic mass is 10.2. The number of benzene rings is 2. The summed E-state index contributed by atoms with van der Waals surface area (Å²) in [6, 6.07) is 21.4. The molecule has 1 N–H and O–H groups in total. The Morgan fingerprint density at radius 3 is 2.43 bits per heavy atom. The van der Waals surface area contributed by atoms with E-state index >= 15 is 0 Å². The third-order valence-corrected chi connectivity index (χ3v) is 5.97. The van der Waals surface area contributed by atoms with Crippen molar-refractivity contribution in [1.29, 1.82) is 0 Å². The molecular weight excluding hydrogens is 438 g/mol. The molecule has 7 heteroatoms. The van der Waals surface area contributed by atoms with Crippen LogP contribution < -0.4 is 5.32 Å². The van der Waals surface area contributed by atoms with E-state index in [1.807, 2.05) is 77.9 Å². The van der Waals surface area contributed by atoms with Crippen molar-refractivity contribution < 1.29 is 9.59 Å². The number of carbonyl (C=O) groups excluding carboxylic acids is 2. The highest BCUT2D eigenvalue weighted by molar-refractivity contribution is 5.93. The fourth-order valence-electron chi connectivity index (χ4n) is 4.11. The van der Waals surface area contributed by atoms with Crippen LogP contribution in [0.1, 0.15) is 42.0 Å². The van der Waals surface area contributed by atoms with Crippen molar-refractivity contribution in [1.82, 2.24) is 24.8 Å². The number of amides is 2. The van der Waals surface area contributed by atoms with Gasteiger partial charge in [0.1, 0.15) is 12.4 Å². The summed E-state index contributed by atoms with van der Waals surface area (Å²) in [6.07, 6.45) is 4.57. The summed E-state index contributed by atoms with van der Waals surface area (Å²) in [5, 5.41) is 2.94. The lowest BCUT2D eigenvalue weighted by Crippen LogP contribution is -2.38. The van der Waals surface area contributed by atoms with E-state index in [-0.39, 0.29) is 24.4 Å². The normalized spacial score (nSPS) is 11.1. The van der Waals surface area contributed by atoms with E-state index in [9.17, 15) is 9.59 Å². The molecule has 2 heterocycles. The van der Waals surface area contributed by atoms with Gasteiger partial charge in [-0.05, 0) is 50.1 Å². The fraction of sp³-hybridized carbons (Fsp3) is 0.286. The number of aromatic nitrogens is 3. The van der Waals surface area contributed by atoms with Gasteiger partial charge in [0.25, 0.3) is 5.91 Å². The fourth-order valence-corrected chi connectivity index (χ4v) is 4.11. The SMILES string of the molecule is CC(C)N(Cc1ccccc1)C(=O)Cn1c(CCCNC(=O)c2ccncc2)nc2ccccc21. The average molecular weight is 470 g/mol. The van der Waals surface area contributed by atoms with Crippen molar-refractivity contribution in [3.8, 4) is 0 Å². The maximum absolute atomic E-state index is 13.4. The van der Waals surface area contributed by atoms with Gasteiger partial charge in [-0.1, -0.05) is 42.5 Å². The highest BCUT2D eigenvalue weighted by Crippen LogP contribution is 2.19. The second-order valence-electron chi connectivity index (χ2n) is 8.80. The minimum Gasteiger partial charge on any atom is -0.352 e. The van der Waals surface area contributed by atoms with Crippen molar-refractivity contribution in [2.45, 2.75) is 45.8 Å². The summed E-state index contributed by atoms with van der Waals surface area (Å²) in [5.74, 6) is 0.782. The van der Waals surface area contributed by atoms with Crippen molar-refractivity contribution in [3.63, 3.8) is 0 Å². The molecule has 4 aromatic rings. The van der Waals surface area contributed by atoms with Crippen LogP contribution in [0.15, 0.2) is 79.1 Å². The minimum atomic E-state index is -0.121. The van der Waals surface area contributed by atoms with E-state index in [1.165, 1.54) is 0 Å². The molecule has 2 amide bonds. The van der Waals surface area contributed by atoms with Crippen LogP contribution in [0.4, 0.5) is 0 Å². The van der Waals surface area contributed by atoms with Gasteiger partial charge in [-0.15, -0.1) is 0 Å². The molecular formula is C28H31N5O2. The van der Waals surface area contributed by atoms with Gasteiger partial charge < -0.3 is 14.8 Å². The van der Waals surface area contributed by atoms with Crippen LogP contribution in [0.2, 0.25) is 0 Å². The molecule has 0 aliphatic rings. The zero-order chi connectivity index (χ0) is 24.6. The average Bonchev–Trinajstić information content (AvgIpc) is 3.23. The Balaban J connectivity index is 1.46. The number of nitrogens with one attached hydrogen (secondary N) is 1. The Kier molecular flexibility index (Phi) is 7.88. The molecule has 0 radical (unpaired) electrons. The van der Waals surface area contributed by atoms with Gasteiger partial charge in [-0.3, -0.25) is 14.6 Å². The Morgan fingerprint density at radius 1 is 0.971 bits per heavy atom. The minimum absolute atomic E-state index is 0.0549. The highest BCUT2D eigenvalue weighted by Gasteiger charge is 2.20. The number of nitrogens with zero attached hydrogens (tertiary/aromatic N) is 4. The number of aryl methyl sites for hydroxylation is 1. The van der Waals surface area contributed by atoms with Crippen LogP contribution in [0.3, 0.4) is 0 Å². The molecule has 0 saturated carbocycles. The molecule has 0 saturated heterocycles. The zero-order valence-electron chi connectivity index (χ0n) is 20.2. The van der Waals surface area contributed by atoms with Gasteiger partial charge in [0.05, 0.1) is 11.0 Å². The van der Waals surface area contributed by atoms with Gasteiger partial charge in [-0.25, -0.2) is 4.98 Å². The maximum atomic E-state index is 13.4. The molecule has 2 aromatic carbocycles. The molecule has 0 atom stereocenters. The molecule has 0 bridgehead atoms. The monoisotopic (exact) mass is 469 g/mol. The standard InChI is InChI=1S/C28H31N5O2/c1-21(2)32(19-22-9-4-3-5-10-22)27(34)20-33-25-12-7-6-11-24(25)31-26(33)13-8-16-30-28(35)23-14-17-29-18-15-23/h3-7,9-12,14-15,17-18,21H,8,13,16,19-20H2,1-2H3,(H,30,35). The van der Waals surface area contributed by atoms with E-state index in [0.29, 0.717) is 31.5 Å². The first kappa shape index (κ1) is 24.1. The molecule has 4 rings (SSSR count). The lowest BCUT2D eigenvalue weighted by Gasteiger charge is -2.27. The van der Waals surface area contributed by atoms with E-state index in [0.717, 1.165) is 22.4 Å². The molecule has 35 heavy (non-hydrogen) atoms. The number of rotatable bonds is 10. The van der Waals surface area contributed by atoms with Crippen molar-refractivity contribution in [2.75, 3.05) is 6.54 Å². The number of fused-ring (bicyclic) bond motifs is 1. The van der Waals surface area contributed by atoms with Crippen LogP contribution in [-0.2, 0) is 24.3 Å². The number of hydrogen-bond acceptors (Lipinski definition) is 4. The predicted molar refractivity (Wildman–Crippen MR) is 137 cm³/mol. The summed E-state index contributed by atoms with van der Waals surface area (Å²) in [7, 11) is 0. The van der Waals surface area contributed by atoms with E-state index < -0.39 is 0 Å². The second kappa shape index (κ2) is 11.4. The summed E-state index contributed by atoms with van der Waals surface area (Å²) in [4.78, 5) is 36.4. The maximum Gasteiger partial charge on any atom is 0.251 e. The summed E-state index contributed by atoms with van der Waals surface area (Å²) < 4.78 is 2.02. The predicted octanol–water partition coefficient (Wildman–Crippen LogP) is 4.23. The number of hydrogen-bond donors (Lipinski definition) is 1. The van der Waals surface area contributed by atoms with Gasteiger partial charge in [0, 0.05) is 43.5 Å². The molecule has 0 unspecified atom stereocenters. The molecule has 180 valence electrons. The third kappa shape index (κ3) is 6.12. The number of imidazole rings is 1. The van der Waals surface area contributed by atoms with Gasteiger partial charge in [-0.2, -0.15) is 0 Å². The van der Waals surface area contributed by atoms with Crippen LogP contribution in [0.25, 0.3) is 11.0 Å². The highest BCUT2D eigenvalue weighted by atomic mass is 16.2. The van der Waals surface area contributed by atoms with Crippen molar-refractivity contribution in [3.05, 3.63) is 96.1 Å². The smallest absolute Gasteiger partial charge is 0.251 e. The first-order valence-electron chi connectivity index (χ1n) is 12.0. The second-order valence-corrected chi connectivity index (χ2v) is 8.80. The van der Waals surface area contributed by atoms with Crippen LogP contribution >= 0.6 is 0 Å². The largest absolute Gasteiger partial charge is 0.352 e. The van der Waals surface area contributed by atoms with Crippen molar-refractivity contribution in [2.24, 2.45) is 0 Å². The molecule has 0 fully saturated rings. The molecule has 0 aliphatic heterocycles. The Morgan fingerprint density at radius 2 is 1.69 bits per heavy atom. The van der Waals surface area contributed by atoms with E-state index in [1.54, 1.807) is 24.5 Å². The molecule has 2 aromatic heterocycles. The summed E-state index contributed by atoms with van der Waals surface area (Å²) in [6.45, 7) is 5.40. The molecule has 0 aliphatic carbocycles. The van der Waals surface area contributed by atoms with Crippen molar-refractivity contribution >= 4 is 22.8 Å². The quantitative estimate of drug-likeness (QED) is 0.353. The molecule has 7 nitrogen and oxygen atoms in total. The summed E-state index contributed by atoms with van der Waals surface area (Å²) >= 11 is 0. The van der Waals surface area contributed by atoms with E-state index in [4.69, 9.17) is 4.98 Å². The van der Waals surface area contributed by atoms with E-state index in [2.05, 4.69) is 10.3 Å². The lowest BCUT2D eigenvalue weighted by molar-refractivity contribution is -0.134. The summed E-state index contributed by atoms with van der Waals surface area (Å²) in [5.41, 5.74) is 3.51. The Hall–Kier alpha value is -4.00. The van der Waals surface area contributed by atoms with Gasteiger partial charge in [0.15, 0.2) is 0 Å². The number of para-hydroxylation sites is 2. The van der Waals surface area contributed by atoms with Crippen LogP contribution in [-0.4, -0.2) is 43.8 Å². The zero-order valence-corrected chi connectivity index (χ0v) is 20.2. The molecule has 0 spiro atoms. The van der Waals surface area contributed by atoms with Gasteiger partial charge in [0.2, 0.25) is 5.91 Å². The third-order valence-electron chi connectivity index (χ3n) is 5.97. The topological polar surface area (TPSA) is 80.1 Å².